The van der Waals surface area contributed by atoms with E-state index < -0.39 is 17.9 Å². The second kappa shape index (κ2) is 10.5. The highest BCUT2D eigenvalue weighted by Crippen LogP contribution is 2.19. The molecule has 3 rings (SSSR count). The molecule has 0 aliphatic carbocycles. The number of carbonyl (C=O) groups is 3. The van der Waals surface area contributed by atoms with Gasteiger partial charge in [-0.1, -0.05) is 49.7 Å². The van der Waals surface area contributed by atoms with E-state index in [0.29, 0.717) is 0 Å². The Morgan fingerprint density at radius 3 is 2.38 bits per heavy atom. The zero-order chi connectivity index (χ0) is 23.1. The molecule has 0 spiro atoms. The van der Waals surface area contributed by atoms with Crippen molar-refractivity contribution in [1.29, 1.82) is 0 Å². The Morgan fingerprint density at radius 1 is 0.938 bits per heavy atom. The molecule has 0 radical (unpaired) electrons. The molecule has 1 atom stereocenters. The van der Waals surface area contributed by atoms with E-state index in [2.05, 4.69) is 26.5 Å². The van der Waals surface area contributed by atoms with Crippen molar-refractivity contribution < 1.29 is 14.4 Å². The number of hydrogen-bond acceptors (Lipinski definition) is 4. The summed E-state index contributed by atoms with van der Waals surface area (Å²) in [4.78, 5) is 40.4. The molecule has 32 heavy (non-hydrogen) atoms. The minimum Gasteiger partial charge on any atom is -0.376 e. The summed E-state index contributed by atoms with van der Waals surface area (Å²) in [5.74, 6) is -1.41. The number of aromatic amines is 1. The van der Waals surface area contributed by atoms with Crippen molar-refractivity contribution >= 4 is 34.3 Å². The highest BCUT2D eigenvalue weighted by Gasteiger charge is 2.24. The zero-order valence-corrected chi connectivity index (χ0v) is 18.5. The van der Waals surface area contributed by atoms with Gasteiger partial charge in [-0.05, 0) is 30.7 Å². The van der Waals surface area contributed by atoms with Crippen LogP contribution >= 0.6 is 0 Å². The number of para-hydroxylation sites is 1. The summed E-state index contributed by atoms with van der Waals surface area (Å²) in [6.07, 6.45) is 2.11. The lowest BCUT2D eigenvalue weighted by Crippen LogP contribution is -2.54. The lowest BCUT2D eigenvalue weighted by molar-refractivity contribution is -0.132. The normalized spacial score (nSPS) is 11.8. The van der Waals surface area contributed by atoms with E-state index in [1.54, 1.807) is 13.8 Å². The second-order valence-corrected chi connectivity index (χ2v) is 8.04. The molecule has 2 aromatic carbocycles. The molecule has 1 heterocycles. The summed E-state index contributed by atoms with van der Waals surface area (Å²) in [6.45, 7) is 5.49. The van der Waals surface area contributed by atoms with Gasteiger partial charge in [-0.2, -0.15) is 0 Å². The molecule has 1 unspecified atom stereocenters. The molecule has 0 saturated carbocycles. The Kier molecular flexibility index (Phi) is 7.49. The highest BCUT2D eigenvalue weighted by atomic mass is 16.2. The number of aromatic nitrogens is 1. The minimum absolute atomic E-state index is 0.00515. The lowest BCUT2D eigenvalue weighted by Gasteiger charge is -2.20. The number of amides is 3. The van der Waals surface area contributed by atoms with Crippen LogP contribution in [-0.2, 0) is 20.8 Å². The van der Waals surface area contributed by atoms with Crippen LogP contribution in [0.15, 0.2) is 54.7 Å². The third-order valence-corrected chi connectivity index (χ3v) is 5.09. The van der Waals surface area contributed by atoms with Gasteiger partial charge in [0, 0.05) is 35.1 Å². The van der Waals surface area contributed by atoms with Gasteiger partial charge in [-0.25, -0.2) is 0 Å². The maximum atomic E-state index is 12.8. The molecular weight excluding hydrogens is 406 g/mol. The van der Waals surface area contributed by atoms with Crippen molar-refractivity contribution in [3.8, 4) is 0 Å². The Morgan fingerprint density at radius 2 is 1.66 bits per heavy atom. The quantitative estimate of drug-likeness (QED) is 0.350. The first kappa shape index (κ1) is 22.9. The number of nitrogens with one attached hydrogen (secondary N) is 5. The summed E-state index contributed by atoms with van der Waals surface area (Å²) in [7, 11) is 0. The van der Waals surface area contributed by atoms with E-state index in [1.807, 2.05) is 61.7 Å². The van der Waals surface area contributed by atoms with E-state index in [0.717, 1.165) is 27.7 Å². The Balaban J connectivity index is 1.60. The molecule has 8 heteroatoms. The highest BCUT2D eigenvalue weighted by molar-refractivity contribution is 5.91. The molecule has 3 amide bonds. The maximum absolute atomic E-state index is 12.8. The summed E-state index contributed by atoms with van der Waals surface area (Å²) >= 11 is 0. The van der Waals surface area contributed by atoms with Gasteiger partial charge < -0.3 is 15.6 Å². The third-order valence-electron chi connectivity index (χ3n) is 5.09. The minimum atomic E-state index is -0.838. The number of carbonyl (C=O) groups excluding carboxylic acids is 3. The van der Waals surface area contributed by atoms with Gasteiger partial charge in [0.15, 0.2) is 0 Å². The van der Waals surface area contributed by atoms with Crippen molar-refractivity contribution in [3.63, 3.8) is 0 Å². The molecule has 8 nitrogen and oxygen atoms in total. The SMILES string of the molecule is Cc1ccc(NCC(=O)NNC(=O)C(Cc2c[nH]c3ccccc23)NC(=O)C(C)C)cc1. The summed E-state index contributed by atoms with van der Waals surface area (Å²) in [5.41, 5.74) is 8.61. The average molecular weight is 436 g/mol. The van der Waals surface area contributed by atoms with Crippen molar-refractivity contribution in [1.82, 2.24) is 21.2 Å². The standard InChI is InChI=1S/C24H29N5O3/c1-15(2)23(31)27-21(12-17-13-26-20-7-5-4-6-19(17)20)24(32)29-28-22(30)14-25-18-10-8-16(3)9-11-18/h4-11,13,15,21,25-26H,12,14H2,1-3H3,(H,27,31)(H,28,30)(H,29,32). The van der Waals surface area contributed by atoms with Crippen molar-refractivity contribution in [2.45, 2.75) is 33.2 Å². The van der Waals surface area contributed by atoms with Gasteiger partial charge in [0.25, 0.3) is 11.8 Å². The number of hydrazine groups is 1. The van der Waals surface area contributed by atoms with Gasteiger partial charge in [0.1, 0.15) is 6.04 Å². The van der Waals surface area contributed by atoms with E-state index in [1.165, 1.54) is 0 Å². The first-order valence-electron chi connectivity index (χ1n) is 10.6. The predicted molar refractivity (Wildman–Crippen MR) is 125 cm³/mol. The maximum Gasteiger partial charge on any atom is 0.261 e. The number of hydrogen-bond donors (Lipinski definition) is 5. The van der Waals surface area contributed by atoms with Crippen LogP contribution in [0.2, 0.25) is 0 Å². The van der Waals surface area contributed by atoms with Gasteiger partial charge in [0.05, 0.1) is 6.54 Å². The summed E-state index contributed by atoms with van der Waals surface area (Å²) < 4.78 is 0. The van der Waals surface area contributed by atoms with Crippen LogP contribution in [0.25, 0.3) is 10.9 Å². The van der Waals surface area contributed by atoms with Gasteiger partial charge >= 0.3 is 0 Å². The van der Waals surface area contributed by atoms with Crippen molar-refractivity contribution in [2.75, 3.05) is 11.9 Å². The first-order chi connectivity index (χ1) is 15.3. The van der Waals surface area contributed by atoms with Crippen LogP contribution in [0.4, 0.5) is 5.69 Å². The summed E-state index contributed by atoms with van der Waals surface area (Å²) in [5, 5.41) is 6.75. The van der Waals surface area contributed by atoms with E-state index in [9.17, 15) is 14.4 Å². The fourth-order valence-corrected chi connectivity index (χ4v) is 3.18. The van der Waals surface area contributed by atoms with Crippen LogP contribution in [0, 0.1) is 12.8 Å². The molecule has 0 bridgehead atoms. The van der Waals surface area contributed by atoms with Crippen LogP contribution in [0.5, 0.6) is 0 Å². The summed E-state index contributed by atoms with van der Waals surface area (Å²) in [6, 6.07) is 14.5. The van der Waals surface area contributed by atoms with Crippen LogP contribution in [0.3, 0.4) is 0 Å². The molecule has 0 fully saturated rings. The fourth-order valence-electron chi connectivity index (χ4n) is 3.18. The average Bonchev–Trinajstić information content (AvgIpc) is 3.19. The van der Waals surface area contributed by atoms with Crippen LogP contribution in [-0.4, -0.2) is 35.3 Å². The number of fused-ring (bicyclic) bond motifs is 1. The van der Waals surface area contributed by atoms with Crippen LogP contribution in [0.1, 0.15) is 25.0 Å². The second-order valence-electron chi connectivity index (χ2n) is 8.04. The van der Waals surface area contributed by atoms with Gasteiger partial charge in [0.2, 0.25) is 5.91 Å². The molecule has 0 aliphatic rings. The monoisotopic (exact) mass is 435 g/mol. The Bertz CT molecular complexity index is 1090. The molecule has 0 aliphatic heterocycles. The number of benzene rings is 2. The zero-order valence-electron chi connectivity index (χ0n) is 18.5. The number of anilines is 1. The molecule has 1 aromatic heterocycles. The van der Waals surface area contributed by atoms with E-state index in [-0.39, 0.29) is 24.8 Å². The largest absolute Gasteiger partial charge is 0.376 e. The van der Waals surface area contributed by atoms with Crippen LogP contribution < -0.4 is 21.5 Å². The van der Waals surface area contributed by atoms with Gasteiger partial charge in [-0.15, -0.1) is 0 Å². The Labute approximate surface area is 187 Å². The van der Waals surface area contributed by atoms with E-state index >= 15 is 0 Å². The lowest BCUT2D eigenvalue weighted by atomic mass is 10.0. The molecule has 5 N–H and O–H groups in total. The Hall–Kier alpha value is -3.81. The van der Waals surface area contributed by atoms with E-state index in [4.69, 9.17) is 0 Å². The number of aryl methyl sites for hydroxylation is 1. The topological polar surface area (TPSA) is 115 Å². The smallest absolute Gasteiger partial charge is 0.261 e. The molecule has 0 saturated heterocycles. The number of rotatable bonds is 8. The first-order valence-corrected chi connectivity index (χ1v) is 10.6. The van der Waals surface area contributed by atoms with Crippen molar-refractivity contribution in [2.24, 2.45) is 5.92 Å². The fraction of sp³-hybridized carbons (Fsp3) is 0.292. The molecule has 3 aromatic rings. The predicted octanol–water partition coefficient (Wildman–Crippen LogP) is 2.42. The number of H-pyrrole nitrogens is 1. The third kappa shape index (κ3) is 6.10. The van der Waals surface area contributed by atoms with Gasteiger partial charge in [-0.3, -0.25) is 25.2 Å². The molecular formula is C24H29N5O3. The molecule has 168 valence electrons. The van der Waals surface area contributed by atoms with Crippen molar-refractivity contribution in [3.05, 3.63) is 65.9 Å².